The summed E-state index contributed by atoms with van der Waals surface area (Å²) in [4.78, 5) is 23.4. The minimum atomic E-state index is -1.50. The van der Waals surface area contributed by atoms with E-state index in [1.807, 2.05) is 48.5 Å². The number of nitrogens with two attached hydrogens (primary N) is 1. The van der Waals surface area contributed by atoms with E-state index in [2.05, 4.69) is 30.4 Å². The molecule has 0 spiro atoms. The molecule has 0 heterocycles. The van der Waals surface area contributed by atoms with Gasteiger partial charge in [-0.15, -0.1) is 0 Å². The Morgan fingerprint density at radius 3 is 2.44 bits per heavy atom. The first-order valence-electron chi connectivity index (χ1n) is 13.2. The Bertz CT molecular complexity index is 1700. The molecule has 0 aromatic heterocycles. The molecule has 0 saturated carbocycles. The summed E-state index contributed by atoms with van der Waals surface area (Å²) >= 11 is 0. The Morgan fingerprint density at radius 2 is 1.62 bits per heavy atom. The van der Waals surface area contributed by atoms with Crippen LogP contribution in [0.25, 0.3) is 38.2 Å². The lowest BCUT2D eigenvalue weighted by molar-refractivity contribution is -0.143. The van der Waals surface area contributed by atoms with Crippen LogP contribution < -0.4 is 10.5 Å². The van der Waals surface area contributed by atoms with E-state index in [4.69, 9.17) is 10.5 Å². The van der Waals surface area contributed by atoms with Crippen molar-refractivity contribution in [3.63, 3.8) is 0 Å². The Balaban J connectivity index is 1.54. The fourth-order valence-corrected chi connectivity index (χ4v) is 6.01. The van der Waals surface area contributed by atoms with Crippen LogP contribution >= 0.6 is 0 Å². The predicted molar refractivity (Wildman–Crippen MR) is 153 cm³/mol. The van der Waals surface area contributed by atoms with Gasteiger partial charge < -0.3 is 20.7 Å². The van der Waals surface area contributed by atoms with Gasteiger partial charge in [0, 0.05) is 10.9 Å². The standard InChI is InChI=1S/C33H29NO5/c34-31(33(37)38)29(18-30(35)36)39-32-22-9-4-2-7-20(22)13-15-28(32)24-11-5-10-23-26-14-12-19-6-1-3-8-21(19)25(26)16-17-27(23)24/h2-5,7-11,13,15-17,29,31H,1,6,12,14,18,34H2,(H,35,36)(H,37,38)/t29?,31-/m0/s1. The molecule has 2 aliphatic rings. The summed E-state index contributed by atoms with van der Waals surface area (Å²) < 4.78 is 6.28. The van der Waals surface area contributed by atoms with Gasteiger partial charge in [0.25, 0.3) is 0 Å². The number of fused-ring (bicyclic) bond motifs is 5. The summed E-state index contributed by atoms with van der Waals surface area (Å²) in [6, 6.07) is 20.7. The number of aryl methyl sites for hydroxylation is 1. The van der Waals surface area contributed by atoms with Crippen molar-refractivity contribution in [3.05, 3.63) is 95.6 Å². The molecule has 0 radical (unpaired) electrons. The van der Waals surface area contributed by atoms with Gasteiger partial charge in [-0.3, -0.25) is 9.59 Å². The first-order chi connectivity index (χ1) is 18.9. The topological polar surface area (TPSA) is 110 Å². The normalized spacial score (nSPS) is 16.0. The zero-order chi connectivity index (χ0) is 27.1. The highest BCUT2D eigenvalue weighted by atomic mass is 16.5. The third-order valence-electron chi connectivity index (χ3n) is 7.92. The molecule has 2 aliphatic carbocycles. The van der Waals surface area contributed by atoms with Gasteiger partial charge in [-0.2, -0.15) is 0 Å². The van der Waals surface area contributed by atoms with Crippen LogP contribution in [0.1, 0.15) is 36.8 Å². The molecule has 196 valence electrons. The number of hydrogen-bond donors (Lipinski definition) is 3. The summed E-state index contributed by atoms with van der Waals surface area (Å²) in [5.41, 5.74) is 13.1. The zero-order valence-electron chi connectivity index (χ0n) is 21.4. The molecule has 6 rings (SSSR count). The number of rotatable bonds is 7. The van der Waals surface area contributed by atoms with Crippen molar-refractivity contribution in [1.29, 1.82) is 0 Å². The fraction of sp³-hybridized carbons (Fsp3) is 0.212. The van der Waals surface area contributed by atoms with Gasteiger partial charge in [0.15, 0.2) is 0 Å². The van der Waals surface area contributed by atoms with Gasteiger partial charge >= 0.3 is 11.9 Å². The van der Waals surface area contributed by atoms with Crippen LogP contribution in [0.4, 0.5) is 0 Å². The van der Waals surface area contributed by atoms with Crippen LogP contribution in [-0.4, -0.2) is 34.3 Å². The molecule has 0 fully saturated rings. The summed E-state index contributed by atoms with van der Waals surface area (Å²) in [6.45, 7) is 0. The van der Waals surface area contributed by atoms with Crippen molar-refractivity contribution in [2.75, 3.05) is 0 Å². The molecule has 39 heavy (non-hydrogen) atoms. The third kappa shape index (κ3) is 4.47. The second kappa shape index (κ2) is 10.0. The summed E-state index contributed by atoms with van der Waals surface area (Å²) in [5, 5.41) is 23.0. The number of allylic oxidation sites excluding steroid dienone is 4. The molecule has 1 unspecified atom stereocenters. The van der Waals surface area contributed by atoms with Gasteiger partial charge in [0.1, 0.15) is 17.9 Å². The van der Waals surface area contributed by atoms with Gasteiger partial charge in [-0.25, -0.2) is 0 Å². The molecule has 4 aromatic rings. The van der Waals surface area contributed by atoms with E-state index in [1.165, 1.54) is 27.7 Å². The van der Waals surface area contributed by atoms with Gasteiger partial charge in [-0.1, -0.05) is 78.4 Å². The summed E-state index contributed by atoms with van der Waals surface area (Å²) in [7, 11) is 0. The van der Waals surface area contributed by atoms with E-state index < -0.39 is 30.5 Å². The van der Waals surface area contributed by atoms with Crippen LogP contribution in [0.15, 0.2) is 84.5 Å². The van der Waals surface area contributed by atoms with Crippen molar-refractivity contribution in [2.45, 2.75) is 44.2 Å². The lowest BCUT2D eigenvalue weighted by Gasteiger charge is -2.26. The van der Waals surface area contributed by atoms with Gasteiger partial charge in [0.05, 0.1) is 6.42 Å². The first kappa shape index (κ1) is 24.9. The second-order valence-electron chi connectivity index (χ2n) is 10.2. The number of benzene rings is 4. The molecule has 4 N–H and O–H groups in total. The smallest absolute Gasteiger partial charge is 0.324 e. The maximum Gasteiger partial charge on any atom is 0.324 e. The number of hydrogen-bond acceptors (Lipinski definition) is 4. The lowest BCUT2D eigenvalue weighted by Crippen LogP contribution is -2.46. The fourth-order valence-electron chi connectivity index (χ4n) is 6.01. The maximum absolute atomic E-state index is 11.7. The van der Waals surface area contributed by atoms with E-state index in [-0.39, 0.29) is 0 Å². The highest BCUT2D eigenvalue weighted by Gasteiger charge is 2.30. The van der Waals surface area contributed by atoms with Crippen molar-refractivity contribution < 1.29 is 24.5 Å². The molecule has 2 atom stereocenters. The SMILES string of the molecule is N[C@H](C(=O)O)C(CC(=O)O)Oc1c(-c2cccc3c4c(ccc23)C2=C(CCC=C2)CC4)ccc2ccccc12. The first-order valence-corrected chi connectivity index (χ1v) is 13.2. The van der Waals surface area contributed by atoms with Crippen molar-refractivity contribution >= 4 is 39.1 Å². The Kier molecular flexibility index (Phi) is 6.41. The molecule has 0 bridgehead atoms. The predicted octanol–water partition coefficient (Wildman–Crippen LogP) is 6.34. The summed E-state index contributed by atoms with van der Waals surface area (Å²) in [5.74, 6) is -2.06. The largest absolute Gasteiger partial charge is 0.486 e. The molecule has 0 aliphatic heterocycles. The molecule has 6 nitrogen and oxygen atoms in total. The highest BCUT2D eigenvalue weighted by Crippen LogP contribution is 2.44. The minimum absolute atomic E-state index is 0.432. The second-order valence-corrected chi connectivity index (χ2v) is 10.2. The molecule has 0 amide bonds. The van der Waals surface area contributed by atoms with Crippen LogP contribution in [0.2, 0.25) is 0 Å². The lowest BCUT2D eigenvalue weighted by atomic mass is 9.79. The zero-order valence-corrected chi connectivity index (χ0v) is 21.4. The van der Waals surface area contributed by atoms with Crippen molar-refractivity contribution in [2.24, 2.45) is 5.73 Å². The average molecular weight is 520 g/mol. The highest BCUT2D eigenvalue weighted by molar-refractivity contribution is 6.05. The number of ether oxygens (including phenoxy) is 1. The number of carbonyl (C=O) groups is 2. The van der Waals surface area contributed by atoms with Crippen LogP contribution in [0.5, 0.6) is 5.75 Å². The van der Waals surface area contributed by atoms with E-state index in [0.717, 1.165) is 53.0 Å². The number of carboxylic acid groups (broad SMARTS) is 2. The van der Waals surface area contributed by atoms with Crippen molar-refractivity contribution in [3.8, 4) is 16.9 Å². The van der Waals surface area contributed by atoms with Crippen LogP contribution in [0, 0.1) is 0 Å². The molecule has 6 heteroatoms. The third-order valence-corrected chi connectivity index (χ3v) is 7.92. The van der Waals surface area contributed by atoms with Crippen LogP contribution in [0.3, 0.4) is 0 Å². The Morgan fingerprint density at radius 1 is 0.821 bits per heavy atom. The Labute approximate surface area is 226 Å². The molecular weight excluding hydrogens is 490 g/mol. The summed E-state index contributed by atoms with van der Waals surface area (Å²) in [6.07, 6.45) is 6.99. The Hall–Kier alpha value is -4.42. The molecule has 4 aromatic carbocycles. The average Bonchev–Trinajstić information content (AvgIpc) is 2.95. The van der Waals surface area contributed by atoms with E-state index in [9.17, 15) is 19.8 Å². The quantitative estimate of drug-likeness (QED) is 0.263. The molecular formula is C33H29NO5. The van der Waals surface area contributed by atoms with Crippen molar-refractivity contribution in [1.82, 2.24) is 0 Å². The van der Waals surface area contributed by atoms with E-state index in [1.54, 1.807) is 0 Å². The number of aliphatic carboxylic acids is 2. The van der Waals surface area contributed by atoms with Crippen LogP contribution in [-0.2, 0) is 16.0 Å². The van der Waals surface area contributed by atoms with Gasteiger partial charge in [-0.05, 0) is 70.2 Å². The maximum atomic E-state index is 11.7. The van der Waals surface area contributed by atoms with Gasteiger partial charge in [0.2, 0.25) is 0 Å². The van der Waals surface area contributed by atoms with E-state index in [0.29, 0.717) is 5.75 Å². The number of carboxylic acids is 2. The minimum Gasteiger partial charge on any atom is -0.486 e. The monoisotopic (exact) mass is 519 g/mol. The molecule has 0 saturated heterocycles. The van der Waals surface area contributed by atoms with E-state index >= 15 is 0 Å².